The Morgan fingerprint density at radius 1 is 1.15 bits per heavy atom. The third kappa shape index (κ3) is 3.12. The lowest BCUT2D eigenvalue weighted by Crippen LogP contribution is -2.12. The zero-order valence-electron chi connectivity index (χ0n) is 10.9. The van der Waals surface area contributed by atoms with E-state index in [0.717, 1.165) is 0 Å². The largest absolute Gasteiger partial charge is 0.381 e. The van der Waals surface area contributed by atoms with Gasteiger partial charge in [-0.2, -0.15) is 0 Å². The van der Waals surface area contributed by atoms with E-state index in [0.29, 0.717) is 16.8 Å². The number of nitrogens with two attached hydrogens (primary N) is 1. The molecule has 0 saturated carbocycles. The lowest BCUT2D eigenvalue weighted by atomic mass is 10.1. The van der Waals surface area contributed by atoms with Crippen LogP contribution in [0.3, 0.4) is 0 Å². The number of carbonyl (C=O) groups is 1. The van der Waals surface area contributed by atoms with Crippen LogP contribution in [0.4, 0.5) is 14.5 Å². The molecule has 0 saturated heterocycles. The van der Waals surface area contributed by atoms with E-state index in [-0.39, 0.29) is 17.9 Å². The number of amides is 1. The van der Waals surface area contributed by atoms with Crippen LogP contribution in [0.2, 0.25) is 0 Å². The zero-order valence-corrected chi connectivity index (χ0v) is 10.9. The van der Waals surface area contributed by atoms with Gasteiger partial charge in [-0.1, -0.05) is 6.07 Å². The van der Waals surface area contributed by atoms with Crippen LogP contribution in [0.25, 0.3) is 0 Å². The van der Waals surface area contributed by atoms with Gasteiger partial charge in [-0.25, -0.2) is 8.78 Å². The van der Waals surface area contributed by atoms with Crippen LogP contribution in [-0.2, 0) is 6.54 Å². The van der Waals surface area contributed by atoms with E-state index in [4.69, 9.17) is 5.73 Å². The number of rotatable bonds is 4. The number of nitrogens with one attached hydrogen (secondary N) is 1. The summed E-state index contributed by atoms with van der Waals surface area (Å²) in [6.07, 6.45) is 0. The van der Waals surface area contributed by atoms with Crippen molar-refractivity contribution in [2.45, 2.75) is 13.5 Å². The first-order chi connectivity index (χ1) is 9.47. The molecule has 2 aromatic rings. The zero-order chi connectivity index (χ0) is 14.7. The van der Waals surface area contributed by atoms with Gasteiger partial charge in [-0.15, -0.1) is 0 Å². The number of benzene rings is 2. The van der Waals surface area contributed by atoms with Crippen molar-refractivity contribution >= 4 is 11.6 Å². The minimum absolute atomic E-state index is 0.134. The molecule has 0 atom stereocenters. The van der Waals surface area contributed by atoms with Gasteiger partial charge in [-0.3, -0.25) is 4.79 Å². The van der Waals surface area contributed by atoms with Gasteiger partial charge in [0.15, 0.2) is 0 Å². The average molecular weight is 276 g/mol. The molecule has 0 spiro atoms. The van der Waals surface area contributed by atoms with Gasteiger partial charge >= 0.3 is 0 Å². The van der Waals surface area contributed by atoms with Crippen molar-refractivity contribution < 1.29 is 13.6 Å². The molecule has 0 aliphatic heterocycles. The molecule has 0 aliphatic carbocycles. The highest BCUT2D eigenvalue weighted by atomic mass is 19.1. The van der Waals surface area contributed by atoms with Crippen molar-refractivity contribution in [2.24, 2.45) is 5.73 Å². The molecule has 5 heteroatoms. The summed E-state index contributed by atoms with van der Waals surface area (Å²) in [6.45, 7) is 1.80. The van der Waals surface area contributed by atoms with E-state index in [1.165, 1.54) is 24.3 Å². The Labute approximate surface area is 115 Å². The molecule has 0 unspecified atom stereocenters. The van der Waals surface area contributed by atoms with Crippen molar-refractivity contribution in [3.8, 4) is 0 Å². The highest BCUT2D eigenvalue weighted by Gasteiger charge is 2.07. The fraction of sp³-hybridized carbons (Fsp3) is 0.133. The third-order valence-corrected chi connectivity index (χ3v) is 2.99. The summed E-state index contributed by atoms with van der Waals surface area (Å²) < 4.78 is 27.0. The Morgan fingerprint density at radius 2 is 1.90 bits per heavy atom. The molecule has 0 radical (unpaired) electrons. The summed E-state index contributed by atoms with van der Waals surface area (Å²) >= 11 is 0. The first kappa shape index (κ1) is 14.0. The summed E-state index contributed by atoms with van der Waals surface area (Å²) in [5, 5.41) is 2.90. The fourth-order valence-electron chi connectivity index (χ4n) is 1.76. The predicted octanol–water partition coefficient (Wildman–Crippen LogP) is 2.98. The van der Waals surface area contributed by atoms with Crippen LogP contribution in [0.1, 0.15) is 21.5 Å². The van der Waals surface area contributed by atoms with Gasteiger partial charge in [0, 0.05) is 23.4 Å². The topological polar surface area (TPSA) is 55.1 Å². The summed E-state index contributed by atoms with van der Waals surface area (Å²) in [6, 6.07) is 8.57. The molecule has 1 amide bonds. The second-order valence-electron chi connectivity index (χ2n) is 4.49. The van der Waals surface area contributed by atoms with Crippen LogP contribution in [0.5, 0.6) is 0 Å². The smallest absolute Gasteiger partial charge is 0.248 e. The number of anilines is 1. The first-order valence-electron chi connectivity index (χ1n) is 6.05. The normalized spacial score (nSPS) is 10.3. The van der Waals surface area contributed by atoms with Crippen molar-refractivity contribution in [3.05, 3.63) is 64.7 Å². The van der Waals surface area contributed by atoms with Gasteiger partial charge in [-0.05, 0) is 42.8 Å². The van der Waals surface area contributed by atoms with Gasteiger partial charge in [0.25, 0.3) is 0 Å². The Morgan fingerprint density at radius 3 is 2.55 bits per heavy atom. The van der Waals surface area contributed by atoms with Crippen LogP contribution < -0.4 is 11.1 Å². The molecule has 104 valence electrons. The maximum absolute atomic E-state index is 13.6. The Kier molecular flexibility index (Phi) is 3.98. The van der Waals surface area contributed by atoms with Crippen molar-refractivity contribution in [2.75, 3.05) is 5.32 Å². The molecule has 2 aromatic carbocycles. The van der Waals surface area contributed by atoms with Gasteiger partial charge < -0.3 is 11.1 Å². The van der Waals surface area contributed by atoms with E-state index < -0.39 is 11.7 Å². The second kappa shape index (κ2) is 5.69. The molecule has 3 nitrogen and oxygen atoms in total. The minimum atomic E-state index is -0.618. The number of halogens is 2. The van der Waals surface area contributed by atoms with Crippen LogP contribution in [0, 0.1) is 18.6 Å². The van der Waals surface area contributed by atoms with Crippen LogP contribution >= 0.6 is 0 Å². The van der Waals surface area contributed by atoms with E-state index >= 15 is 0 Å². The molecule has 0 aliphatic rings. The number of hydrogen-bond donors (Lipinski definition) is 2. The summed E-state index contributed by atoms with van der Waals surface area (Å²) in [5.41, 5.74) is 6.75. The van der Waals surface area contributed by atoms with E-state index in [9.17, 15) is 13.6 Å². The molecule has 0 heterocycles. The number of primary amides is 1. The lowest BCUT2D eigenvalue weighted by molar-refractivity contribution is 0.1000. The molecule has 2 rings (SSSR count). The van der Waals surface area contributed by atoms with Gasteiger partial charge in [0.2, 0.25) is 5.91 Å². The minimum Gasteiger partial charge on any atom is -0.381 e. The number of hydrogen-bond acceptors (Lipinski definition) is 2. The molecule has 20 heavy (non-hydrogen) atoms. The quantitative estimate of drug-likeness (QED) is 0.902. The second-order valence-corrected chi connectivity index (χ2v) is 4.49. The Balaban J connectivity index is 2.15. The molecular weight excluding hydrogens is 262 g/mol. The third-order valence-electron chi connectivity index (χ3n) is 2.99. The van der Waals surface area contributed by atoms with E-state index in [2.05, 4.69) is 5.32 Å². The number of carbonyl (C=O) groups excluding carboxylic acids is 1. The first-order valence-corrected chi connectivity index (χ1v) is 6.05. The molecular formula is C15H14F2N2O. The summed E-state index contributed by atoms with van der Waals surface area (Å²) in [4.78, 5) is 11.1. The molecule has 0 bridgehead atoms. The maximum atomic E-state index is 13.6. The van der Waals surface area contributed by atoms with E-state index in [1.807, 2.05) is 0 Å². The lowest BCUT2D eigenvalue weighted by Gasteiger charge is -2.09. The van der Waals surface area contributed by atoms with Crippen molar-refractivity contribution in [1.29, 1.82) is 0 Å². The monoisotopic (exact) mass is 276 g/mol. The summed E-state index contributed by atoms with van der Waals surface area (Å²) in [7, 11) is 0. The average Bonchev–Trinajstić information content (AvgIpc) is 2.41. The van der Waals surface area contributed by atoms with Crippen molar-refractivity contribution in [1.82, 2.24) is 0 Å². The summed E-state index contributed by atoms with van der Waals surface area (Å²) in [5.74, 6) is -1.40. The number of aryl methyl sites for hydroxylation is 1. The molecule has 0 aromatic heterocycles. The fourth-order valence-corrected chi connectivity index (χ4v) is 1.76. The van der Waals surface area contributed by atoms with Crippen molar-refractivity contribution in [3.63, 3.8) is 0 Å². The maximum Gasteiger partial charge on any atom is 0.248 e. The van der Waals surface area contributed by atoms with Gasteiger partial charge in [0.05, 0.1) is 0 Å². The highest BCUT2D eigenvalue weighted by Crippen LogP contribution is 2.16. The highest BCUT2D eigenvalue weighted by molar-refractivity contribution is 5.92. The van der Waals surface area contributed by atoms with Gasteiger partial charge in [0.1, 0.15) is 11.6 Å². The van der Waals surface area contributed by atoms with Crippen LogP contribution in [-0.4, -0.2) is 5.91 Å². The van der Waals surface area contributed by atoms with E-state index in [1.54, 1.807) is 19.1 Å². The standard InChI is InChI=1S/C15H14F2N2O/c1-9-2-4-12(7-14(9)17)19-8-11-6-10(15(18)20)3-5-13(11)16/h2-7,19H,8H2,1H3,(H2,18,20). The molecule has 0 fully saturated rings. The Bertz CT molecular complexity index is 656. The Hall–Kier alpha value is -2.43. The SMILES string of the molecule is Cc1ccc(NCc2cc(C(N)=O)ccc2F)cc1F. The van der Waals surface area contributed by atoms with Crippen LogP contribution in [0.15, 0.2) is 36.4 Å². The predicted molar refractivity (Wildman–Crippen MR) is 73.4 cm³/mol. The molecule has 3 N–H and O–H groups in total.